The molecule has 1 aromatic heterocycles. The second kappa shape index (κ2) is 5.12. The first-order chi connectivity index (χ1) is 9.69. The lowest BCUT2D eigenvalue weighted by Gasteiger charge is -2.06. The van der Waals surface area contributed by atoms with Gasteiger partial charge in [-0.1, -0.05) is 30.3 Å². The number of aryl methyl sites for hydroxylation is 2. The Kier molecular flexibility index (Phi) is 3.30. The number of benzene rings is 1. The SMILES string of the molecule is CCn1nc(C)cc1NC(=O)C1CC1c1ccccc1. The van der Waals surface area contributed by atoms with E-state index in [-0.39, 0.29) is 11.8 Å². The second-order valence-electron chi connectivity index (χ2n) is 5.34. The van der Waals surface area contributed by atoms with Crippen LogP contribution in [-0.4, -0.2) is 15.7 Å². The van der Waals surface area contributed by atoms with Gasteiger partial charge in [-0.05, 0) is 31.7 Å². The molecule has 0 spiro atoms. The molecule has 0 saturated heterocycles. The monoisotopic (exact) mass is 269 g/mol. The van der Waals surface area contributed by atoms with Crippen LogP contribution in [0.1, 0.15) is 30.5 Å². The Morgan fingerprint density at radius 3 is 2.85 bits per heavy atom. The summed E-state index contributed by atoms with van der Waals surface area (Å²) in [4.78, 5) is 12.3. The van der Waals surface area contributed by atoms with Crippen LogP contribution >= 0.6 is 0 Å². The van der Waals surface area contributed by atoms with Crippen molar-refractivity contribution in [3.8, 4) is 0 Å². The van der Waals surface area contributed by atoms with Gasteiger partial charge < -0.3 is 5.32 Å². The van der Waals surface area contributed by atoms with E-state index in [1.807, 2.05) is 42.8 Å². The van der Waals surface area contributed by atoms with Gasteiger partial charge in [0.25, 0.3) is 0 Å². The van der Waals surface area contributed by atoms with Gasteiger partial charge in [0.15, 0.2) is 0 Å². The van der Waals surface area contributed by atoms with Crippen LogP contribution < -0.4 is 5.32 Å². The molecule has 1 aromatic carbocycles. The lowest BCUT2D eigenvalue weighted by molar-refractivity contribution is -0.117. The maximum absolute atomic E-state index is 12.3. The number of hydrogen-bond donors (Lipinski definition) is 1. The number of amides is 1. The first kappa shape index (κ1) is 12.9. The van der Waals surface area contributed by atoms with Crippen LogP contribution in [-0.2, 0) is 11.3 Å². The van der Waals surface area contributed by atoms with Crippen LogP contribution in [0.15, 0.2) is 36.4 Å². The van der Waals surface area contributed by atoms with Crippen molar-refractivity contribution >= 4 is 11.7 Å². The van der Waals surface area contributed by atoms with E-state index in [1.54, 1.807) is 0 Å². The third kappa shape index (κ3) is 2.46. The fourth-order valence-electron chi connectivity index (χ4n) is 2.66. The quantitative estimate of drug-likeness (QED) is 0.927. The number of nitrogens with one attached hydrogen (secondary N) is 1. The van der Waals surface area contributed by atoms with E-state index in [9.17, 15) is 4.79 Å². The molecule has 0 bridgehead atoms. The maximum atomic E-state index is 12.3. The number of nitrogens with zero attached hydrogens (tertiary/aromatic N) is 2. The van der Waals surface area contributed by atoms with Gasteiger partial charge in [-0.3, -0.25) is 4.79 Å². The van der Waals surface area contributed by atoms with Crippen molar-refractivity contribution in [1.82, 2.24) is 9.78 Å². The molecular weight excluding hydrogens is 250 g/mol. The Labute approximate surface area is 118 Å². The molecule has 20 heavy (non-hydrogen) atoms. The van der Waals surface area contributed by atoms with Crippen LogP contribution in [0.5, 0.6) is 0 Å². The fourth-order valence-corrected chi connectivity index (χ4v) is 2.66. The summed E-state index contributed by atoms with van der Waals surface area (Å²) >= 11 is 0. The molecule has 104 valence electrons. The Bertz CT molecular complexity index is 618. The van der Waals surface area contributed by atoms with Crippen molar-refractivity contribution in [1.29, 1.82) is 0 Å². The van der Waals surface area contributed by atoms with E-state index in [0.717, 1.165) is 24.5 Å². The van der Waals surface area contributed by atoms with E-state index in [1.165, 1.54) is 5.56 Å². The highest BCUT2D eigenvalue weighted by atomic mass is 16.2. The minimum absolute atomic E-state index is 0.0953. The second-order valence-corrected chi connectivity index (χ2v) is 5.34. The summed E-state index contributed by atoms with van der Waals surface area (Å²) in [5, 5.41) is 7.35. The largest absolute Gasteiger partial charge is 0.311 e. The lowest BCUT2D eigenvalue weighted by Crippen LogP contribution is -2.17. The van der Waals surface area contributed by atoms with Crippen LogP contribution in [0.4, 0.5) is 5.82 Å². The van der Waals surface area contributed by atoms with Crippen LogP contribution in [0, 0.1) is 12.8 Å². The predicted molar refractivity (Wildman–Crippen MR) is 78.6 cm³/mol. The smallest absolute Gasteiger partial charge is 0.229 e. The average molecular weight is 269 g/mol. The highest BCUT2D eigenvalue weighted by Crippen LogP contribution is 2.47. The molecule has 2 atom stereocenters. The maximum Gasteiger partial charge on any atom is 0.229 e. The molecule has 2 unspecified atom stereocenters. The molecule has 4 heteroatoms. The van der Waals surface area contributed by atoms with Crippen molar-refractivity contribution in [2.45, 2.75) is 32.7 Å². The first-order valence-corrected chi connectivity index (χ1v) is 7.09. The first-order valence-electron chi connectivity index (χ1n) is 7.09. The Morgan fingerprint density at radius 1 is 1.40 bits per heavy atom. The van der Waals surface area contributed by atoms with Gasteiger partial charge in [-0.25, -0.2) is 4.68 Å². The van der Waals surface area contributed by atoms with Gasteiger partial charge in [0.2, 0.25) is 5.91 Å². The predicted octanol–water partition coefficient (Wildman–Crippen LogP) is 2.95. The van der Waals surface area contributed by atoms with Crippen molar-refractivity contribution in [3.05, 3.63) is 47.7 Å². The normalized spacial score (nSPS) is 20.7. The molecular formula is C16H19N3O. The number of rotatable bonds is 4. The number of carbonyl (C=O) groups excluding carboxylic acids is 1. The summed E-state index contributed by atoms with van der Waals surface area (Å²) in [6.45, 7) is 4.72. The summed E-state index contributed by atoms with van der Waals surface area (Å²) in [6.07, 6.45) is 0.940. The van der Waals surface area contributed by atoms with Gasteiger partial charge in [0, 0.05) is 18.5 Å². The summed E-state index contributed by atoms with van der Waals surface area (Å²) in [6, 6.07) is 12.2. The standard InChI is InChI=1S/C16H19N3O/c1-3-19-15(9-11(2)18-19)17-16(20)14-10-13(14)12-7-5-4-6-8-12/h4-9,13-14H,3,10H2,1-2H3,(H,17,20). The molecule has 4 nitrogen and oxygen atoms in total. The van der Waals surface area contributed by atoms with E-state index in [2.05, 4.69) is 22.5 Å². The van der Waals surface area contributed by atoms with Gasteiger partial charge >= 0.3 is 0 Å². The molecule has 1 saturated carbocycles. The highest BCUT2D eigenvalue weighted by molar-refractivity contribution is 5.94. The zero-order valence-electron chi connectivity index (χ0n) is 11.8. The van der Waals surface area contributed by atoms with Crippen LogP contribution in [0.3, 0.4) is 0 Å². The van der Waals surface area contributed by atoms with E-state index < -0.39 is 0 Å². The molecule has 0 aliphatic heterocycles. The Balaban J connectivity index is 1.67. The zero-order valence-corrected chi connectivity index (χ0v) is 11.8. The molecule has 1 aliphatic rings. The number of aromatic nitrogens is 2. The molecule has 2 aromatic rings. The molecule has 1 aliphatic carbocycles. The van der Waals surface area contributed by atoms with Crippen LogP contribution in [0.25, 0.3) is 0 Å². The Morgan fingerprint density at radius 2 is 2.15 bits per heavy atom. The van der Waals surface area contributed by atoms with Crippen molar-refractivity contribution < 1.29 is 4.79 Å². The van der Waals surface area contributed by atoms with Gasteiger partial charge in [0.1, 0.15) is 5.82 Å². The van der Waals surface area contributed by atoms with E-state index in [4.69, 9.17) is 0 Å². The third-order valence-electron chi connectivity index (χ3n) is 3.81. The summed E-state index contributed by atoms with van der Waals surface area (Å²) in [7, 11) is 0. The summed E-state index contributed by atoms with van der Waals surface area (Å²) < 4.78 is 1.83. The topological polar surface area (TPSA) is 46.9 Å². The van der Waals surface area contributed by atoms with Gasteiger partial charge in [-0.15, -0.1) is 0 Å². The van der Waals surface area contributed by atoms with Crippen LogP contribution in [0.2, 0.25) is 0 Å². The van der Waals surface area contributed by atoms with Gasteiger partial charge in [0.05, 0.1) is 5.69 Å². The minimum atomic E-state index is 0.0953. The van der Waals surface area contributed by atoms with Crippen molar-refractivity contribution in [3.63, 3.8) is 0 Å². The lowest BCUT2D eigenvalue weighted by atomic mass is 10.1. The number of anilines is 1. The molecule has 1 N–H and O–H groups in total. The van der Waals surface area contributed by atoms with E-state index in [0.29, 0.717) is 5.92 Å². The zero-order chi connectivity index (χ0) is 14.1. The molecule has 0 radical (unpaired) electrons. The molecule has 1 amide bonds. The highest BCUT2D eigenvalue weighted by Gasteiger charge is 2.44. The fraction of sp³-hybridized carbons (Fsp3) is 0.375. The summed E-state index contributed by atoms with van der Waals surface area (Å²) in [5.74, 6) is 1.37. The number of hydrogen-bond acceptors (Lipinski definition) is 2. The molecule has 1 heterocycles. The van der Waals surface area contributed by atoms with Crippen molar-refractivity contribution in [2.24, 2.45) is 5.92 Å². The van der Waals surface area contributed by atoms with Gasteiger partial charge in [-0.2, -0.15) is 5.10 Å². The third-order valence-corrected chi connectivity index (χ3v) is 3.81. The number of carbonyl (C=O) groups is 1. The molecule has 1 fully saturated rings. The van der Waals surface area contributed by atoms with Crippen molar-refractivity contribution in [2.75, 3.05) is 5.32 Å². The van der Waals surface area contributed by atoms with E-state index >= 15 is 0 Å². The minimum Gasteiger partial charge on any atom is -0.311 e. The average Bonchev–Trinajstić information content (AvgIpc) is 3.18. The summed E-state index contributed by atoms with van der Waals surface area (Å²) in [5.41, 5.74) is 2.19. The molecule has 3 rings (SSSR count). The Hall–Kier alpha value is -2.10.